The largest absolute Gasteiger partial charge is 0.395 e. The van der Waals surface area contributed by atoms with Gasteiger partial charge >= 0.3 is 0 Å². The number of piperidine rings is 1. The molecule has 2 aromatic heterocycles. The number of fused-ring (bicyclic) bond motifs is 1. The molecular weight excluding hydrogens is 336 g/mol. The van der Waals surface area contributed by atoms with Gasteiger partial charge in [-0.1, -0.05) is 12.1 Å². The van der Waals surface area contributed by atoms with Crippen LogP contribution in [0.1, 0.15) is 24.6 Å². The zero-order chi connectivity index (χ0) is 17.2. The monoisotopic (exact) mass is 358 g/mol. The van der Waals surface area contributed by atoms with Crippen molar-refractivity contribution < 1.29 is 5.11 Å². The number of benzene rings is 1. The van der Waals surface area contributed by atoms with Crippen LogP contribution in [0.15, 0.2) is 34.6 Å². The van der Waals surface area contributed by atoms with Crippen LogP contribution in [0.4, 0.5) is 0 Å². The highest BCUT2D eigenvalue weighted by atomic mass is 32.2. The smallest absolute Gasteiger partial charge is 0.198 e. The third kappa shape index (κ3) is 3.17. The van der Waals surface area contributed by atoms with Crippen molar-refractivity contribution in [1.29, 1.82) is 0 Å². The zero-order valence-corrected chi connectivity index (χ0v) is 15.0. The molecule has 1 fully saturated rings. The molecule has 4 rings (SSSR count). The average molecular weight is 358 g/mol. The molecule has 0 aliphatic carbocycles. The highest BCUT2D eigenvalue weighted by Gasteiger charge is 2.23. The van der Waals surface area contributed by atoms with E-state index in [4.69, 9.17) is 4.98 Å². The van der Waals surface area contributed by atoms with Crippen LogP contribution in [0.25, 0.3) is 11.0 Å². The number of nitrogens with zero attached hydrogens (tertiary/aromatic N) is 5. The number of aromatic nitrogens is 5. The third-order valence-corrected chi connectivity index (χ3v) is 5.73. The van der Waals surface area contributed by atoms with Crippen LogP contribution in [-0.2, 0) is 13.6 Å². The molecule has 1 saturated heterocycles. The van der Waals surface area contributed by atoms with Crippen molar-refractivity contribution in [2.75, 3.05) is 19.7 Å². The van der Waals surface area contributed by atoms with Crippen molar-refractivity contribution in [1.82, 2.24) is 29.6 Å². The van der Waals surface area contributed by atoms with Crippen molar-refractivity contribution in [2.24, 2.45) is 7.05 Å². The Morgan fingerprint density at radius 3 is 2.80 bits per heavy atom. The first-order chi connectivity index (χ1) is 12.3. The molecule has 132 valence electrons. The minimum atomic E-state index is 0.0764. The average Bonchev–Trinajstić information content (AvgIpc) is 3.18. The minimum absolute atomic E-state index is 0.0764. The van der Waals surface area contributed by atoms with Gasteiger partial charge in [-0.15, -0.1) is 10.2 Å². The van der Waals surface area contributed by atoms with E-state index in [0.717, 1.165) is 53.1 Å². The normalized spacial score (nSPS) is 15.9. The molecule has 3 heterocycles. The molecule has 25 heavy (non-hydrogen) atoms. The molecule has 0 spiro atoms. The summed E-state index contributed by atoms with van der Waals surface area (Å²) in [5.74, 6) is 1.51. The van der Waals surface area contributed by atoms with Crippen LogP contribution in [-0.4, -0.2) is 49.1 Å². The topological polar surface area (TPSA) is 80.8 Å². The minimum Gasteiger partial charge on any atom is -0.395 e. The maximum absolute atomic E-state index is 9.42. The van der Waals surface area contributed by atoms with Gasteiger partial charge in [0, 0.05) is 19.5 Å². The Bertz CT molecular complexity index is 867. The van der Waals surface area contributed by atoms with Gasteiger partial charge in [0.1, 0.15) is 5.82 Å². The summed E-state index contributed by atoms with van der Waals surface area (Å²) in [4.78, 5) is 4.71. The number of aliphatic hydroxyl groups is 1. The number of aliphatic hydroxyl groups excluding tert-OH is 1. The highest BCUT2D eigenvalue weighted by molar-refractivity contribution is 7.99. The predicted molar refractivity (Wildman–Crippen MR) is 96.8 cm³/mol. The second-order valence-corrected chi connectivity index (χ2v) is 7.22. The fourth-order valence-electron chi connectivity index (χ4n) is 3.38. The van der Waals surface area contributed by atoms with Crippen molar-refractivity contribution in [2.45, 2.75) is 35.6 Å². The van der Waals surface area contributed by atoms with Gasteiger partial charge in [0.25, 0.3) is 0 Å². The van der Waals surface area contributed by atoms with E-state index in [1.54, 1.807) is 0 Å². The molecule has 0 saturated carbocycles. The van der Waals surface area contributed by atoms with E-state index in [1.165, 1.54) is 11.8 Å². The van der Waals surface area contributed by atoms with Gasteiger partial charge in [-0.25, -0.2) is 4.98 Å². The number of rotatable bonds is 5. The fraction of sp³-hybridized carbons (Fsp3) is 0.471. The number of para-hydroxylation sites is 2. The first kappa shape index (κ1) is 16.6. The number of nitrogens with one attached hydrogen (secondary N) is 1. The van der Waals surface area contributed by atoms with Gasteiger partial charge in [0.2, 0.25) is 0 Å². The Morgan fingerprint density at radius 1 is 1.20 bits per heavy atom. The lowest BCUT2D eigenvalue weighted by molar-refractivity contribution is 0.273. The van der Waals surface area contributed by atoms with Gasteiger partial charge in [0.15, 0.2) is 10.3 Å². The van der Waals surface area contributed by atoms with E-state index in [-0.39, 0.29) is 6.61 Å². The van der Waals surface area contributed by atoms with Crippen LogP contribution in [0.5, 0.6) is 0 Å². The molecule has 1 aliphatic rings. The highest BCUT2D eigenvalue weighted by Crippen LogP contribution is 2.31. The van der Waals surface area contributed by atoms with Gasteiger partial charge < -0.3 is 19.6 Å². The van der Waals surface area contributed by atoms with E-state index >= 15 is 0 Å². The number of hydrogen-bond acceptors (Lipinski definition) is 6. The third-order valence-electron chi connectivity index (χ3n) is 4.70. The molecule has 7 nitrogen and oxygen atoms in total. The molecule has 8 heteroatoms. The van der Waals surface area contributed by atoms with E-state index in [2.05, 4.69) is 20.1 Å². The lowest BCUT2D eigenvalue weighted by Crippen LogP contribution is -2.27. The summed E-state index contributed by atoms with van der Waals surface area (Å²) in [5.41, 5.74) is 1.96. The Kier molecular flexibility index (Phi) is 4.74. The maximum Gasteiger partial charge on any atom is 0.198 e. The van der Waals surface area contributed by atoms with E-state index in [0.29, 0.717) is 12.5 Å². The summed E-state index contributed by atoms with van der Waals surface area (Å²) in [6, 6.07) is 7.98. The van der Waals surface area contributed by atoms with Crippen LogP contribution in [0, 0.1) is 0 Å². The predicted octanol–water partition coefficient (Wildman–Crippen LogP) is 1.78. The van der Waals surface area contributed by atoms with Crippen LogP contribution in [0.2, 0.25) is 0 Å². The molecule has 1 aromatic carbocycles. The van der Waals surface area contributed by atoms with E-state index in [1.807, 2.05) is 35.9 Å². The molecule has 0 radical (unpaired) electrons. The number of imidazole rings is 1. The van der Waals surface area contributed by atoms with Gasteiger partial charge in [-0.2, -0.15) is 0 Å². The van der Waals surface area contributed by atoms with E-state index < -0.39 is 0 Å². The van der Waals surface area contributed by atoms with Gasteiger partial charge in [0.05, 0.1) is 17.6 Å². The van der Waals surface area contributed by atoms with Crippen LogP contribution >= 0.6 is 11.8 Å². The quantitative estimate of drug-likeness (QED) is 0.724. The van der Waals surface area contributed by atoms with Crippen LogP contribution in [0.3, 0.4) is 0 Å². The molecular formula is C17H22N6OS. The lowest BCUT2D eigenvalue weighted by atomic mass is 9.97. The second-order valence-electron chi connectivity index (χ2n) is 6.28. The Morgan fingerprint density at radius 2 is 2.00 bits per heavy atom. The Labute approximate surface area is 150 Å². The summed E-state index contributed by atoms with van der Waals surface area (Å²) in [7, 11) is 2.03. The van der Waals surface area contributed by atoms with E-state index in [9.17, 15) is 5.11 Å². The van der Waals surface area contributed by atoms with Crippen molar-refractivity contribution in [3.05, 3.63) is 30.1 Å². The van der Waals surface area contributed by atoms with Crippen molar-refractivity contribution in [3.8, 4) is 0 Å². The second kappa shape index (κ2) is 7.15. The van der Waals surface area contributed by atoms with Crippen molar-refractivity contribution in [3.63, 3.8) is 0 Å². The summed E-state index contributed by atoms with van der Waals surface area (Å²) in [5, 5.41) is 23.3. The fourth-order valence-corrected chi connectivity index (χ4v) is 4.30. The molecule has 0 amide bonds. The van der Waals surface area contributed by atoms with Gasteiger partial charge in [-0.05, 0) is 49.8 Å². The zero-order valence-electron chi connectivity index (χ0n) is 14.2. The maximum atomic E-state index is 9.42. The SMILES string of the molecule is Cn1c(Sc2nc3ccccc3n2CCO)nnc1C1CCNCC1. The molecule has 2 N–H and O–H groups in total. The Hall–Kier alpha value is -1.90. The molecule has 1 aliphatic heterocycles. The Balaban J connectivity index is 1.65. The summed E-state index contributed by atoms with van der Waals surface area (Å²) in [6.07, 6.45) is 2.19. The van der Waals surface area contributed by atoms with Crippen LogP contribution < -0.4 is 5.32 Å². The van der Waals surface area contributed by atoms with Gasteiger partial charge in [-0.3, -0.25) is 0 Å². The lowest BCUT2D eigenvalue weighted by Gasteiger charge is -2.21. The summed E-state index contributed by atoms with van der Waals surface area (Å²) in [6.45, 7) is 2.66. The molecule has 0 bridgehead atoms. The van der Waals surface area contributed by atoms with Crippen molar-refractivity contribution >= 4 is 22.8 Å². The molecule has 3 aromatic rings. The molecule has 0 unspecified atom stereocenters. The first-order valence-electron chi connectivity index (χ1n) is 8.62. The first-order valence-corrected chi connectivity index (χ1v) is 9.43. The standard InChI is InChI=1S/C17H22N6OS/c1-22-15(12-6-8-18-9-7-12)20-21-17(22)25-16-19-13-4-2-3-5-14(13)23(16)10-11-24/h2-5,12,18,24H,6-11H2,1H3. The summed E-state index contributed by atoms with van der Waals surface area (Å²) < 4.78 is 4.13. The molecule has 0 atom stereocenters. The number of hydrogen-bond donors (Lipinski definition) is 2. The summed E-state index contributed by atoms with van der Waals surface area (Å²) >= 11 is 1.51.